The number of fused-ring (bicyclic) bond motifs is 1. The molecule has 3 aromatic heterocycles. The summed E-state index contributed by atoms with van der Waals surface area (Å²) in [6.45, 7) is 6.20. The second-order valence-electron chi connectivity index (χ2n) is 8.68. The van der Waals surface area contributed by atoms with Crippen molar-refractivity contribution in [3.8, 4) is 28.4 Å². The number of benzene rings is 2. The van der Waals surface area contributed by atoms with Gasteiger partial charge in [0, 0.05) is 54.0 Å². The van der Waals surface area contributed by atoms with E-state index in [1.165, 1.54) is 18.5 Å². The molecule has 5 aromatic rings. The van der Waals surface area contributed by atoms with E-state index in [4.69, 9.17) is 15.2 Å². The van der Waals surface area contributed by atoms with Crippen molar-refractivity contribution in [2.45, 2.75) is 33.4 Å². The minimum Gasteiger partial charge on any atom is -0.489 e. The van der Waals surface area contributed by atoms with Crippen LogP contribution in [-0.4, -0.2) is 24.5 Å². The zero-order chi connectivity index (χ0) is 25.2. The lowest BCUT2D eigenvalue weighted by Crippen LogP contribution is -2.00. The van der Waals surface area contributed by atoms with Gasteiger partial charge < -0.3 is 19.8 Å². The van der Waals surface area contributed by atoms with E-state index < -0.39 is 5.82 Å². The van der Waals surface area contributed by atoms with Crippen molar-refractivity contribution in [3.05, 3.63) is 84.6 Å². The number of aryl methyl sites for hydroxylation is 1. The van der Waals surface area contributed by atoms with Crippen molar-refractivity contribution < 1.29 is 13.9 Å². The van der Waals surface area contributed by atoms with Crippen LogP contribution in [0.4, 0.5) is 10.2 Å². The zero-order valence-electron chi connectivity index (χ0n) is 20.1. The van der Waals surface area contributed by atoms with Gasteiger partial charge in [-0.1, -0.05) is 12.1 Å². The van der Waals surface area contributed by atoms with Crippen molar-refractivity contribution in [2.24, 2.45) is 0 Å². The van der Waals surface area contributed by atoms with Gasteiger partial charge in [0.15, 0.2) is 0 Å². The van der Waals surface area contributed by atoms with Crippen LogP contribution in [0.5, 0.6) is 17.2 Å². The van der Waals surface area contributed by atoms with Crippen LogP contribution >= 0.6 is 0 Å². The third-order valence-electron chi connectivity index (χ3n) is 5.68. The molecule has 0 spiro atoms. The van der Waals surface area contributed by atoms with Gasteiger partial charge in [0.1, 0.15) is 53.3 Å². The van der Waals surface area contributed by atoms with E-state index in [2.05, 4.69) is 38.4 Å². The number of hydrogen-bond donors (Lipinski definition) is 1. The summed E-state index contributed by atoms with van der Waals surface area (Å²) in [6, 6.07) is 12.0. The van der Waals surface area contributed by atoms with E-state index in [0.717, 1.165) is 27.7 Å². The molecule has 0 aliphatic carbocycles. The predicted molar refractivity (Wildman–Crippen MR) is 135 cm³/mol. The average molecular weight is 485 g/mol. The number of hydrogen-bond acceptors (Lipinski definition) is 7. The second-order valence-corrected chi connectivity index (χ2v) is 8.68. The standard InChI is InChI=1S/C27H25FN6O2/c1-16(2)34-13-24(25-26(29)32-15-33-27(25)34)19-4-6-21(7-5-19)36-23-9-20(28)8-22(10-23)35-14-18-11-30-17(3)31-12-18/h4-13,15-16H,14H2,1-3H3,(H2,29,32,33). The number of ether oxygens (including phenoxy) is 2. The normalized spacial score (nSPS) is 11.2. The number of anilines is 1. The van der Waals surface area contributed by atoms with Crippen molar-refractivity contribution in [1.82, 2.24) is 24.5 Å². The smallest absolute Gasteiger partial charge is 0.146 e. The highest BCUT2D eigenvalue weighted by atomic mass is 19.1. The van der Waals surface area contributed by atoms with E-state index >= 15 is 0 Å². The first-order chi connectivity index (χ1) is 17.4. The van der Waals surface area contributed by atoms with Crippen molar-refractivity contribution >= 4 is 16.9 Å². The number of aromatic nitrogens is 5. The van der Waals surface area contributed by atoms with Crippen LogP contribution in [0, 0.1) is 12.7 Å². The predicted octanol–water partition coefficient (Wildman–Crippen LogP) is 5.87. The van der Waals surface area contributed by atoms with Crippen LogP contribution in [0.2, 0.25) is 0 Å². The Bertz CT molecular complexity index is 1510. The van der Waals surface area contributed by atoms with Crippen molar-refractivity contribution in [3.63, 3.8) is 0 Å². The lowest BCUT2D eigenvalue weighted by atomic mass is 10.1. The molecule has 8 nitrogen and oxygen atoms in total. The van der Waals surface area contributed by atoms with E-state index in [-0.39, 0.29) is 12.6 Å². The summed E-state index contributed by atoms with van der Waals surface area (Å²) in [5.74, 6) is 1.87. The molecule has 0 bridgehead atoms. The molecule has 2 N–H and O–H groups in total. The van der Waals surface area contributed by atoms with Gasteiger partial charge in [-0.2, -0.15) is 0 Å². The number of nitrogens with two attached hydrogens (primary N) is 1. The third kappa shape index (κ3) is 4.81. The molecular weight excluding hydrogens is 459 g/mol. The van der Waals surface area contributed by atoms with Crippen LogP contribution in [0.15, 0.2) is 67.4 Å². The Balaban J connectivity index is 1.36. The first-order valence-electron chi connectivity index (χ1n) is 11.5. The molecule has 0 aliphatic rings. The molecule has 0 aliphatic heterocycles. The maximum absolute atomic E-state index is 14.2. The summed E-state index contributed by atoms with van der Waals surface area (Å²) in [6.07, 6.45) is 6.87. The maximum Gasteiger partial charge on any atom is 0.146 e. The average Bonchev–Trinajstić information content (AvgIpc) is 3.25. The highest BCUT2D eigenvalue weighted by Crippen LogP contribution is 2.35. The van der Waals surface area contributed by atoms with Crippen LogP contribution in [0.1, 0.15) is 31.3 Å². The highest BCUT2D eigenvalue weighted by Gasteiger charge is 2.16. The van der Waals surface area contributed by atoms with E-state index in [1.807, 2.05) is 30.5 Å². The summed E-state index contributed by atoms with van der Waals surface area (Å²) >= 11 is 0. The van der Waals surface area contributed by atoms with Gasteiger partial charge in [-0.15, -0.1) is 0 Å². The molecule has 0 fully saturated rings. The minimum atomic E-state index is -0.462. The Morgan fingerprint density at radius 3 is 2.39 bits per heavy atom. The summed E-state index contributed by atoms with van der Waals surface area (Å²) in [7, 11) is 0. The summed E-state index contributed by atoms with van der Waals surface area (Å²) in [4.78, 5) is 16.9. The van der Waals surface area contributed by atoms with E-state index in [0.29, 0.717) is 28.9 Å². The van der Waals surface area contributed by atoms with Gasteiger partial charge in [0.05, 0.1) is 5.39 Å². The highest BCUT2D eigenvalue weighted by molar-refractivity contribution is 6.00. The maximum atomic E-state index is 14.2. The molecule has 0 amide bonds. The van der Waals surface area contributed by atoms with Crippen molar-refractivity contribution in [1.29, 1.82) is 0 Å². The van der Waals surface area contributed by atoms with Crippen molar-refractivity contribution in [2.75, 3.05) is 5.73 Å². The van der Waals surface area contributed by atoms with E-state index in [9.17, 15) is 4.39 Å². The minimum absolute atomic E-state index is 0.209. The fraction of sp³-hybridized carbons (Fsp3) is 0.185. The monoisotopic (exact) mass is 484 g/mol. The van der Waals surface area contributed by atoms with Crippen LogP contribution < -0.4 is 15.2 Å². The number of nitrogen functional groups attached to an aromatic ring is 1. The molecule has 0 radical (unpaired) electrons. The Morgan fingerprint density at radius 1 is 0.944 bits per heavy atom. The first kappa shape index (κ1) is 23.2. The van der Waals surface area contributed by atoms with Gasteiger partial charge in [-0.3, -0.25) is 0 Å². The Labute approximate surface area is 207 Å². The zero-order valence-corrected chi connectivity index (χ0v) is 20.1. The van der Waals surface area contributed by atoms with Crippen LogP contribution in [0.3, 0.4) is 0 Å². The van der Waals surface area contributed by atoms with E-state index in [1.54, 1.807) is 25.4 Å². The largest absolute Gasteiger partial charge is 0.489 e. The van der Waals surface area contributed by atoms with Gasteiger partial charge >= 0.3 is 0 Å². The van der Waals surface area contributed by atoms with Gasteiger partial charge in [0.25, 0.3) is 0 Å². The first-order valence-corrected chi connectivity index (χ1v) is 11.5. The van der Waals surface area contributed by atoms with Gasteiger partial charge in [-0.05, 0) is 38.5 Å². The molecule has 182 valence electrons. The fourth-order valence-corrected chi connectivity index (χ4v) is 3.90. The van der Waals surface area contributed by atoms with Gasteiger partial charge in [-0.25, -0.2) is 24.3 Å². The molecule has 36 heavy (non-hydrogen) atoms. The summed E-state index contributed by atoms with van der Waals surface area (Å²) in [5, 5.41) is 0.811. The number of halogens is 1. The lowest BCUT2D eigenvalue weighted by molar-refractivity contribution is 0.301. The Kier molecular flexibility index (Phi) is 6.20. The van der Waals surface area contributed by atoms with Crippen LogP contribution in [0.25, 0.3) is 22.2 Å². The molecule has 0 saturated carbocycles. The lowest BCUT2D eigenvalue weighted by Gasteiger charge is -2.10. The Morgan fingerprint density at radius 2 is 1.67 bits per heavy atom. The molecule has 3 heterocycles. The molecule has 0 unspecified atom stereocenters. The fourth-order valence-electron chi connectivity index (χ4n) is 3.90. The Hall–Kier alpha value is -4.53. The molecular formula is C27H25FN6O2. The molecule has 2 aromatic carbocycles. The molecule has 5 rings (SSSR count). The molecule has 0 saturated heterocycles. The topological polar surface area (TPSA) is 101 Å². The number of nitrogens with zero attached hydrogens (tertiary/aromatic N) is 5. The van der Waals surface area contributed by atoms with Gasteiger partial charge in [0.2, 0.25) is 0 Å². The van der Waals surface area contributed by atoms with Crippen LogP contribution in [-0.2, 0) is 6.61 Å². The second kappa shape index (κ2) is 9.61. The number of rotatable bonds is 7. The SMILES string of the molecule is Cc1ncc(COc2cc(F)cc(Oc3ccc(-c4cn(C(C)C)c5ncnc(N)c45)cc3)c2)cn1. The third-order valence-corrected chi connectivity index (χ3v) is 5.68. The molecule has 0 atom stereocenters. The molecule has 9 heteroatoms. The quantitative estimate of drug-likeness (QED) is 0.308. The summed E-state index contributed by atoms with van der Waals surface area (Å²) in [5.41, 5.74) is 9.64. The summed E-state index contributed by atoms with van der Waals surface area (Å²) < 4.78 is 27.9.